The number of carbonyl (C=O) groups is 2. The molecule has 2 aromatic rings. The summed E-state index contributed by atoms with van der Waals surface area (Å²) in [4.78, 5) is 25.9. The minimum absolute atomic E-state index is 0.608. The predicted molar refractivity (Wildman–Crippen MR) is 77.5 cm³/mol. The van der Waals surface area contributed by atoms with Gasteiger partial charge in [-0.1, -0.05) is 0 Å². The first kappa shape index (κ1) is 13.6. The Labute approximate surface area is 118 Å². The largest absolute Gasteiger partial charge is 0.329 e. The molecule has 0 aliphatic heterocycles. The maximum atomic E-state index is 10.3. The van der Waals surface area contributed by atoms with E-state index in [0.717, 1.165) is 22.0 Å². The highest BCUT2D eigenvalue weighted by atomic mass is 32.2. The van der Waals surface area contributed by atoms with Crippen LogP contribution in [0.15, 0.2) is 34.5 Å². The van der Waals surface area contributed by atoms with Crippen LogP contribution in [0, 0.1) is 0 Å². The number of hydrogen-bond acceptors (Lipinski definition) is 5. The van der Waals surface area contributed by atoms with Gasteiger partial charge in [-0.05, 0) is 24.3 Å². The molecule has 0 aliphatic carbocycles. The normalized spacial score (nSPS) is 9.89. The van der Waals surface area contributed by atoms with Crippen LogP contribution < -0.4 is 10.6 Å². The maximum Gasteiger partial charge on any atom is 0.213 e. The third kappa shape index (κ3) is 4.08. The van der Waals surface area contributed by atoms with Crippen LogP contribution in [0.5, 0.6) is 0 Å². The second-order valence-corrected chi connectivity index (χ2v) is 5.39. The third-order valence-electron chi connectivity index (χ3n) is 2.20. The Morgan fingerprint density at radius 1 is 1.16 bits per heavy atom. The number of anilines is 2. The van der Waals surface area contributed by atoms with Gasteiger partial charge in [0.15, 0.2) is 5.13 Å². The molecule has 1 aromatic carbocycles. The number of thioether (sulfide) groups is 1. The number of nitrogens with one attached hydrogen (secondary N) is 2. The van der Waals surface area contributed by atoms with E-state index >= 15 is 0 Å². The Hall–Kier alpha value is -1.86. The van der Waals surface area contributed by atoms with E-state index in [0.29, 0.717) is 18.0 Å². The lowest BCUT2D eigenvalue weighted by Gasteiger charge is -2.01. The molecule has 0 saturated carbocycles. The highest BCUT2D eigenvalue weighted by Gasteiger charge is 2.02. The number of nitrogens with zero attached hydrogens (tertiary/aromatic N) is 1. The van der Waals surface area contributed by atoms with Crippen molar-refractivity contribution in [2.24, 2.45) is 0 Å². The average Bonchev–Trinajstić information content (AvgIpc) is 2.87. The number of rotatable bonds is 7. The van der Waals surface area contributed by atoms with Gasteiger partial charge < -0.3 is 10.6 Å². The summed E-state index contributed by atoms with van der Waals surface area (Å²) in [5, 5.41) is 7.63. The van der Waals surface area contributed by atoms with Crippen LogP contribution in [0.25, 0.3) is 0 Å². The van der Waals surface area contributed by atoms with Crippen LogP contribution >= 0.6 is 23.1 Å². The van der Waals surface area contributed by atoms with Crippen molar-refractivity contribution in [2.75, 3.05) is 10.6 Å². The highest BCUT2D eigenvalue weighted by molar-refractivity contribution is 7.98. The Bertz CT molecular complexity index is 554. The van der Waals surface area contributed by atoms with E-state index in [1.165, 1.54) is 11.3 Å². The second kappa shape index (κ2) is 6.91. The fourth-order valence-corrected chi connectivity index (χ4v) is 2.93. The number of thiazole rings is 1. The van der Waals surface area contributed by atoms with Crippen molar-refractivity contribution in [3.05, 3.63) is 35.3 Å². The molecule has 0 fully saturated rings. The molecule has 0 unspecified atom stereocenters. The van der Waals surface area contributed by atoms with Gasteiger partial charge in [0.2, 0.25) is 12.8 Å². The topological polar surface area (TPSA) is 71.1 Å². The molecule has 1 heterocycles. The van der Waals surface area contributed by atoms with Crippen molar-refractivity contribution >= 4 is 46.7 Å². The van der Waals surface area contributed by atoms with Crippen molar-refractivity contribution in [3.63, 3.8) is 0 Å². The van der Waals surface area contributed by atoms with Crippen LogP contribution in [0.3, 0.4) is 0 Å². The monoisotopic (exact) mass is 293 g/mol. The van der Waals surface area contributed by atoms with E-state index in [9.17, 15) is 9.59 Å². The minimum atomic E-state index is 0.608. The molecule has 5 nitrogen and oxygen atoms in total. The summed E-state index contributed by atoms with van der Waals surface area (Å²) in [7, 11) is 0. The molecule has 0 radical (unpaired) electrons. The van der Waals surface area contributed by atoms with Gasteiger partial charge in [-0.25, -0.2) is 4.98 Å². The molecule has 2 rings (SSSR count). The van der Waals surface area contributed by atoms with Gasteiger partial charge in [0, 0.05) is 21.7 Å². The molecule has 2 N–H and O–H groups in total. The number of aromatic nitrogens is 1. The molecule has 7 heteroatoms. The zero-order chi connectivity index (χ0) is 13.5. The predicted octanol–water partition coefficient (Wildman–Crippen LogP) is 2.57. The fourth-order valence-electron chi connectivity index (χ4n) is 1.36. The molecule has 1 aromatic heterocycles. The number of hydrogen-bond donors (Lipinski definition) is 2. The van der Waals surface area contributed by atoms with E-state index in [2.05, 4.69) is 15.6 Å². The van der Waals surface area contributed by atoms with Gasteiger partial charge in [0.1, 0.15) is 0 Å². The molecular formula is C12H11N3O2S2. The smallest absolute Gasteiger partial charge is 0.213 e. The molecule has 98 valence electrons. The van der Waals surface area contributed by atoms with Crippen LogP contribution in [-0.4, -0.2) is 17.8 Å². The molecule has 19 heavy (non-hydrogen) atoms. The Morgan fingerprint density at radius 2 is 1.89 bits per heavy atom. The van der Waals surface area contributed by atoms with E-state index in [1.54, 1.807) is 11.8 Å². The quantitative estimate of drug-likeness (QED) is 0.608. The lowest BCUT2D eigenvalue weighted by Crippen LogP contribution is -1.93. The highest BCUT2D eigenvalue weighted by Crippen LogP contribution is 2.25. The van der Waals surface area contributed by atoms with E-state index in [-0.39, 0.29) is 0 Å². The summed E-state index contributed by atoms with van der Waals surface area (Å²) < 4.78 is 0. The molecule has 0 saturated heterocycles. The van der Waals surface area contributed by atoms with Crippen LogP contribution in [0.2, 0.25) is 0 Å². The van der Waals surface area contributed by atoms with Gasteiger partial charge >= 0.3 is 0 Å². The number of carbonyl (C=O) groups excluding carboxylic acids is 2. The standard InChI is InChI=1S/C12H11N3O2S2/c16-7-13-9-1-3-11(4-2-9)18-5-10-6-19-12(15-10)14-8-17/h1-4,6-8H,5H2,(H,13,16)(H,14,15,17). The summed E-state index contributed by atoms with van der Waals surface area (Å²) in [6.45, 7) is 0. The second-order valence-electron chi connectivity index (χ2n) is 3.48. The molecular weight excluding hydrogens is 282 g/mol. The van der Waals surface area contributed by atoms with Gasteiger partial charge in [-0.3, -0.25) is 9.59 Å². The van der Waals surface area contributed by atoms with Crippen molar-refractivity contribution < 1.29 is 9.59 Å². The molecule has 0 atom stereocenters. The van der Waals surface area contributed by atoms with Crippen molar-refractivity contribution in [2.45, 2.75) is 10.6 Å². The first-order chi connectivity index (χ1) is 9.31. The SMILES string of the molecule is O=CNc1ccc(SCc2csc(NC=O)n2)cc1. The van der Waals surface area contributed by atoms with Crippen molar-refractivity contribution in [1.29, 1.82) is 0 Å². The van der Waals surface area contributed by atoms with E-state index in [1.807, 2.05) is 29.6 Å². The zero-order valence-electron chi connectivity index (χ0n) is 9.83. The maximum absolute atomic E-state index is 10.3. The summed E-state index contributed by atoms with van der Waals surface area (Å²) in [6, 6.07) is 7.56. The van der Waals surface area contributed by atoms with Gasteiger partial charge in [0.25, 0.3) is 0 Å². The minimum Gasteiger partial charge on any atom is -0.329 e. The molecule has 0 bridgehead atoms. The summed E-state index contributed by atoms with van der Waals surface area (Å²) in [5.41, 5.74) is 1.69. The van der Waals surface area contributed by atoms with Gasteiger partial charge in [-0.2, -0.15) is 0 Å². The first-order valence-corrected chi connectivity index (χ1v) is 7.26. The first-order valence-electron chi connectivity index (χ1n) is 5.39. The molecule has 2 amide bonds. The summed E-state index contributed by atoms with van der Waals surface area (Å²) in [5.74, 6) is 0.734. The van der Waals surface area contributed by atoms with Crippen molar-refractivity contribution in [3.8, 4) is 0 Å². The fraction of sp³-hybridized carbons (Fsp3) is 0.0833. The summed E-state index contributed by atoms with van der Waals surface area (Å²) >= 11 is 3.05. The van der Waals surface area contributed by atoms with Crippen molar-refractivity contribution in [1.82, 2.24) is 4.98 Å². The zero-order valence-corrected chi connectivity index (χ0v) is 11.5. The Kier molecular flexibility index (Phi) is 4.93. The molecule has 0 spiro atoms. The van der Waals surface area contributed by atoms with Crippen LogP contribution in [0.4, 0.5) is 10.8 Å². The van der Waals surface area contributed by atoms with Gasteiger partial charge in [-0.15, -0.1) is 23.1 Å². The lowest BCUT2D eigenvalue weighted by molar-refractivity contribution is -0.106. The Morgan fingerprint density at radius 3 is 2.58 bits per heavy atom. The van der Waals surface area contributed by atoms with E-state index < -0.39 is 0 Å². The average molecular weight is 293 g/mol. The Balaban J connectivity index is 1.90. The number of amides is 2. The molecule has 0 aliphatic rings. The lowest BCUT2D eigenvalue weighted by atomic mass is 10.3. The summed E-state index contributed by atoms with van der Waals surface area (Å²) in [6.07, 6.45) is 1.27. The van der Waals surface area contributed by atoms with Gasteiger partial charge in [0.05, 0.1) is 5.69 Å². The van der Waals surface area contributed by atoms with Crippen LogP contribution in [0.1, 0.15) is 5.69 Å². The van der Waals surface area contributed by atoms with Crippen LogP contribution in [-0.2, 0) is 15.3 Å². The van der Waals surface area contributed by atoms with E-state index in [4.69, 9.17) is 0 Å². The number of benzene rings is 1. The third-order valence-corrected chi connectivity index (χ3v) is 4.07.